The van der Waals surface area contributed by atoms with Crippen molar-refractivity contribution in [1.29, 1.82) is 0 Å². The molecular formula is C21H22BrFN4O4S2. The van der Waals surface area contributed by atoms with Crippen LogP contribution in [0, 0.1) is 11.7 Å². The molecule has 1 unspecified atom stereocenters. The number of ether oxygens (including phenoxy) is 1. The van der Waals surface area contributed by atoms with E-state index in [0.29, 0.717) is 58.1 Å². The Balaban J connectivity index is 1.81. The van der Waals surface area contributed by atoms with E-state index < -0.39 is 27.9 Å². The second-order valence-electron chi connectivity index (χ2n) is 7.76. The minimum atomic E-state index is -3.29. The highest BCUT2D eigenvalue weighted by Crippen LogP contribution is 2.40. The van der Waals surface area contributed by atoms with Crippen LogP contribution in [0.1, 0.15) is 29.5 Å². The normalized spacial score (nSPS) is 20.4. The van der Waals surface area contributed by atoms with Gasteiger partial charge in [0, 0.05) is 40.8 Å². The third-order valence-corrected chi connectivity index (χ3v) is 8.47. The van der Waals surface area contributed by atoms with Crippen LogP contribution < -0.4 is 5.32 Å². The lowest BCUT2D eigenvalue weighted by Gasteiger charge is -2.35. The second kappa shape index (κ2) is 9.61. The Morgan fingerprint density at radius 1 is 1.33 bits per heavy atom. The zero-order valence-electron chi connectivity index (χ0n) is 17.9. The van der Waals surface area contributed by atoms with Crippen molar-refractivity contribution in [3.05, 3.63) is 61.9 Å². The number of sulfonamides is 1. The molecule has 1 atom stereocenters. The van der Waals surface area contributed by atoms with Gasteiger partial charge in [-0.1, -0.05) is 22.0 Å². The van der Waals surface area contributed by atoms with E-state index in [2.05, 4.69) is 26.2 Å². The molecule has 33 heavy (non-hydrogen) atoms. The number of rotatable bonds is 5. The molecule has 0 aliphatic carbocycles. The van der Waals surface area contributed by atoms with Gasteiger partial charge in [0.15, 0.2) is 10.8 Å². The van der Waals surface area contributed by atoms with Crippen molar-refractivity contribution in [2.24, 2.45) is 10.9 Å². The van der Waals surface area contributed by atoms with Crippen molar-refractivity contribution in [1.82, 2.24) is 14.6 Å². The monoisotopic (exact) mass is 556 g/mol. The van der Waals surface area contributed by atoms with Crippen LogP contribution >= 0.6 is 27.3 Å². The summed E-state index contributed by atoms with van der Waals surface area (Å²) < 4.78 is 44.7. The molecule has 0 bridgehead atoms. The van der Waals surface area contributed by atoms with Crippen molar-refractivity contribution < 1.29 is 22.3 Å². The van der Waals surface area contributed by atoms with Gasteiger partial charge in [0.2, 0.25) is 10.0 Å². The molecule has 1 fully saturated rings. The first-order valence-electron chi connectivity index (χ1n) is 10.2. The Hall–Kier alpha value is -2.15. The molecular weight excluding hydrogens is 535 g/mol. The summed E-state index contributed by atoms with van der Waals surface area (Å²) in [6, 6.07) is 3.48. The summed E-state index contributed by atoms with van der Waals surface area (Å²) in [6.45, 7) is 0.690. The molecule has 8 nitrogen and oxygen atoms in total. The summed E-state index contributed by atoms with van der Waals surface area (Å²) in [5, 5.41) is 5.77. The van der Waals surface area contributed by atoms with Crippen LogP contribution in [0.2, 0.25) is 0 Å². The van der Waals surface area contributed by atoms with Crippen molar-refractivity contribution in [2.75, 3.05) is 26.5 Å². The maximum absolute atomic E-state index is 13.8. The topological polar surface area (TPSA) is 101 Å². The average Bonchev–Trinajstić information content (AvgIpc) is 3.32. The molecule has 1 N–H and O–H groups in total. The van der Waals surface area contributed by atoms with Gasteiger partial charge in [0.25, 0.3) is 0 Å². The van der Waals surface area contributed by atoms with E-state index in [1.54, 1.807) is 12.3 Å². The number of thiazole rings is 1. The summed E-state index contributed by atoms with van der Waals surface area (Å²) in [7, 11) is -1.99. The fourth-order valence-corrected chi connectivity index (χ4v) is 6.12. The van der Waals surface area contributed by atoms with E-state index >= 15 is 0 Å². The SMILES string of the molecule is COC(=O)C1=C(C2CCN(S(C)(=O)=O)CC2)NC(c2nccs2)=NC1c1ccc(F)cc1Br. The maximum Gasteiger partial charge on any atom is 0.338 e. The number of methoxy groups -OCH3 is 1. The van der Waals surface area contributed by atoms with Gasteiger partial charge >= 0.3 is 5.97 Å². The minimum absolute atomic E-state index is 0.121. The van der Waals surface area contributed by atoms with E-state index in [4.69, 9.17) is 9.73 Å². The Morgan fingerprint density at radius 2 is 2.06 bits per heavy atom. The number of benzene rings is 1. The van der Waals surface area contributed by atoms with Crippen LogP contribution in [-0.2, 0) is 19.6 Å². The smallest absolute Gasteiger partial charge is 0.338 e. The zero-order valence-corrected chi connectivity index (χ0v) is 21.1. The van der Waals surface area contributed by atoms with Crippen molar-refractivity contribution in [3.63, 3.8) is 0 Å². The number of piperidine rings is 1. The van der Waals surface area contributed by atoms with E-state index in [-0.39, 0.29) is 5.92 Å². The molecule has 176 valence electrons. The van der Waals surface area contributed by atoms with Gasteiger partial charge in [0.05, 0.1) is 18.9 Å². The van der Waals surface area contributed by atoms with Crippen LogP contribution in [0.3, 0.4) is 0 Å². The van der Waals surface area contributed by atoms with E-state index in [1.807, 2.05) is 5.38 Å². The van der Waals surface area contributed by atoms with Crippen LogP contribution in [0.4, 0.5) is 4.39 Å². The van der Waals surface area contributed by atoms with Crippen molar-refractivity contribution in [2.45, 2.75) is 18.9 Å². The minimum Gasteiger partial charge on any atom is -0.466 e. The van der Waals surface area contributed by atoms with Gasteiger partial charge in [-0.2, -0.15) is 0 Å². The summed E-state index contributed by atoms with van der Waals surface area (Å²) in [4.78, 5) is 22.1. The zero-order chi connectivity index (χ0) is 23.8. The molecule has 1 aromatic heterocycles. The summed E-state index contributed by atoms with van der Waals surface area (Å²) in [5.41, 5.74) is 1.57. The predicted octanol–water partition coefficient (Wildman–Crippen LogP) is 3.23. The number of nitrogens with one attached hydrogen (secondary N) is 1. The fourth-order valence-electron chi connectivity index (χ4n) is 4.10. The molecule has 12 heteroatoms. The number of aromatic nitrogens is 1. The molecule has 0 amide bonds. The predicted molar refractivity (Wildman–Crippen MR) is 127 cm³/mol. The van der Waals surface area contributed by atoms with Crippen LogP contribution in [-0.4, -0.2) is 56.0 Å². The first-order valence-corrected chi connectivity index (χ1v) is 13.7. The molecule has 0 radical (unpaired) electrons. The number of hydrogen-bond donors (Lipinski definition) is 1. The van der Waals surface area contributed by atoms with E-state index in [1.165, 1.54) is 41.1 Å². The highest BCUT2D eigenvalue weighted by Gasteiger charge is 2.38. The number of carbonyl (C=O) groups excluding carboxylic acids is 1. The Labute approximate surface area is 203 Å². The molecule has 1 saturated heterocycles. The lowest BCUT2D eigenvalue weighted by Crippen LogP contribution is -2.42. The molecule has 4 rings (SSSR count). The first kappa shape index (κ1) is 24.0. The Morgan fingerprint density at radius 3 is 2.64 bits per heavy atom. The fraction of sp³-hybridized carbons (Fsp3) is 0.381. The number of esters is 1. The molecule has 2 aliphatic rings. The highest BCUT2D eigenvalue weighted by atomic mass is 79.9. The molecule has 2 aliphatic heterocycles. The van der Waals surface area contributed by atoms with Crippen LogP contribution in [0.5, 0.6) is 0 Å². The summed E-state index contributed by atoms with van der Waals surface area (Å²) in [5.74, 6) is -0.587. The van der Waals surface area contributed by atoms with Gasteiger partial charge in [-0.15, -0.1) is 11.3 Å². The number of halogens is 2. The van der Waals surface area contributed by atoms with Crippen LogP contribution in [0.25, 0.3) is 0 Å². The lowest BCUT2D eigenvalue weighted by molar-refractivity contribution is -0.136. The van der Waals surface area contributed by atoms with E-state index in [9.17, 15) is 17.6 Å². The highest BCUT2D eigenvalue weighted by molar-refractivity contribution is 9.10. The number of allylic oxidation sites excluding steroid dienone is 1. The molecule has 0 spiro atoms. The van der Waals surface area contributed by atoms with Gasteiger partial charge < -0.3 is 10.1 Å². The third-order valence-electron chi connectivity index (χ3n) is 5.70. The second-order valence-corrected chi connectivity index (χ2v) is 11.5. The number of aliphatic imine (C=N–C) groups is 1. The van der Waals surface area contributed by atoms with Crippen molar-refractivity contribution in [3.8, 4) is 0 Å². The molecule has 0 saturated carbocycles. The molecule has 1 aromatic carbocycles. The van der Waals surface area contributed by atoms with Crippen molar-refractivity contribution >= 4 is 49.1 Å². The lowest BCUT2D eigenvalue weighted by atomic mass is 9.86. The van der Waals surface area contributed by atoms with Gasteiger partial charge in [0.1, 0.15) is 11.9 Å². The first-order chi connectivity index (χ1) is 15.7. The van der Waals surface area contributed by atoms with Crippen LogP contribution in [0.15, 0.2) is 50.5 Å². The molecule has 2 aromatic rings. The summed E-state index contributed by atoms with van der Waals surface area (Å²) >= 11 is 4.80. The third kappa shape index (κ3) is 5.03. The largest absolute Gasteiger partial charge is 0.466 e. The molecule has 3 heterocycles. The number of amidine groups is 1. The average molecular weight is 557 g/mol. The number of hydrogen-bond acceptors (Lipinski definition) is 8. The maximum atomic E-state index is 13.8. The Kier molecular flexibility index (Phi) is 6.99. The van der Waals surface area contributed by atoms with E-state index in [0.717, 1.165) is 0 Å². The van der Waals surface area contributed by atoms with Gasteiger partial charge in [-0.25, -0.2) is 26.9 Å². The van der Waals surface area contributed by atoms with Gasteiger partial charge in [-0.05, 0) is 30.5 Å². The summed E-state index contributed by atoms with van der Waals surface area (Å²) in [6.07, 6.45) is 3.91. The quantitative estimate of drug-likeness (QED) is 0.567. The number of nitrogens with zero attached hydrogens (tertiary/aromatic N) is 3. The number of carbonyl (C=O) groups is 1. The van der Waals surface area contributed by atoms with Gasteiger partial charge in [-0.3, -0.25) is 4.99 Å². The Bertz CT molecular complexity index is 1220. The standard InChI is InChI=1S/C21H22BrFN4O4S2/c1-31-21(28)16-17(12-5-8-27(9-6-12)33(2,29)30)25-19(20-24-7-10-32-20)26-18(16)14-4-3-13(23)11-15(14)22/h3-4,7,10-12,18H,5-6,8-9H2,1-2H3,(H,25,26).